The molecule has 4 heteroatoms. The summed E-state index contributed by atoms with van der Waals surface area (Å²) in [5, 5.41) is 3.60. The van der Waals surface area contributed by atoms with E-state index in [1.165, 1.54) is 90.0 Å². The van der Waals surface area contributed by atoms with Crippen molar-refractivity contribution in [1.29, 1.82) is 0 Å². The summed E-state index contributed by atoms with van der Waals surface area (Å²) >= 11 is 7.11. The first-order chi connectivity index (χ1) is 21.6. The first-order valence-electron chi connectivity index (χ1n) is 18.8. The standard InChI is InChI=1S/C32H51Cl.C7H16N2.C3H6O/c1-8-25(6)32-15-9-14-31(21-32,20-22(2)3)17-16-30(32,7)28-12-10-26(11-13-28)29(33)24(5)19-27-18-23(27)4;1-3-7(2)9-6-4-5-8;1-3(2)4/h8-9,15,22-24,26-29H,1,6,10-14,16-21H2,2-5,7H3;3,7,9H,1,4-6,8H2,2H3;1-2H3/t23?,24?,26?,27-,28?,29?,30?,31+,32+;;/m0../s1. The van der Waals surface area contributed by atoms with E-state index in [0.717, 1.165) is 43.2 Å². The molecule has 3 fully saturated rings. The smallest absolute Gasteiger partial charge is 0.126 e. The molecule has 4 aliphatic carbocycles. The van der Waals surface area contributed by atoms with Gasteiger partial charge in [-0.05, 0) is 163 Å². The number of nitrogens with two attached hydrogens (primary N) is 1. The molecule has 0 saturated heterocycles. The number of hydrogen-bond acceptors (Lipinski definition) is 3. The van der Waals surface area contributed by atoms with E-state index in [2.05, 4.69) is 84.8 Å². The van der Waals surface area contributed by atoms with Crippen molar-refractivity contribution in [2.24, 2.45) is 57.5 Å². The van der Waals surface area contributed by atoms with Gasteiger partial charge in [0, 0.05) is 16.8 Å². The second kappa shape index (κ2) is 18.6. The van der Waals surface area contributed by atoms with Gasteiger partial charge in [-0.3, -0.25) is 0 Å². The van der Waals surface area contributed by atoms with Crippen molar-refractivity contribution in [3.63, 3.8) is 0 Å². The average Bonchev–Trinajstić information content (AvgIpc) is 3.71. The van der Waals surface area contributed by atoms with Crippen molar-refractivity contribution in [3.05, 3.63) is 49.6 Å². The van der Waals surface area contributed by atoms with E-state index in [1.807, 2.05) is 6.08 Å². The predicted molar refractivity (Wildman–Crippen MR) is 203 cm³/mol. The lowest BCUT2D eigenvalue weighted by Gasteiger charge is -2.63. The summed E-state index contributed by atoms with van der Waals surface area (Å²) in [6.45, 7) is 31.6. The Bertz CT molecular complexity index is 1010. The second-order valence-electron chi connectivity index (χ2n) is 16.8. The fourth-order valence-corrected chi connectivity index (χ4v) is 9.77. The van der Waals surface area contributed by atoms with E-state index < -0.39 is 0 Å². The lowest BCUT2D eigenvalue weighted by molar-refractivity contribution is -0.115. The third-order valence-electron chi connectivity index (χ3n) is 12.3. The second-order valence-corrected chi connectivity index (χ2v) is 17.3. The van der Waals surface area contributed by atoms with Crippen LogP contribution < -0.4 is 11.1 Å². The Labute approximate surface area is 290 Å². The number of fused-ring (bicyclic) bond motifs is 2. The lowest BCUT2D eigenvalue weighted by Crippen LogP contribution is -2.54. The third kappa shape index (κ3) is 10.9. The van der Waals surface area contributed by atoms with Gasteiger partial charge in [-0.1, -0.05) is 72.1 Å². The van der Waals surface area contributed by atoms with Crippen molar-refractivity contribution in [1.82, 2.24) is 5.32 Å². The van der Waals surface area contributed by atoms with E-state index in [1.54, 1.807) is 0 Å². The van der Waals surface area contributed by atoms with E-state index in [-0.39, 0.29) is 16.6 Å². The van der Waals surface area contributed by atoms with Gasteiger partial charge in [0.05, 0.1) is 0 Å². The highest BCUT2D eigenvalue weighted by atomic mass is 35.5. The van der Waals surface area contributed by atoms with Crippen molar-refractivity contribution in [3.8, 4) is 0 Å². The highest BCUT2D eigenvalue weighted by molar-refractivity contribution is 6.21. The van der Waals surface area contributed by atoms with Gasteiger partial charge in [-0.25, -0.2) is 0 Å². The first kappa shape index (κ1) is 41.0. The maximum Gasteiger partial charge on any atom is 0.126 e. The van der Waals surface area contributed by atoms with Crippen molar-refractivity contribution in [2.45, 2.75) is 144 Å². The summed E-state index contributed by atoms with van der Waals surface area (Å²) in [5.74, 6) is 4.96. The molecule has 3 N–H and O–H groups in total. The molecule has 4 aliphatic rings. The van der Waals surface area contributed by atoms with Gasteiger partial charge in [-0.15, -0.1) is 18.2 Å². The molecule has 0 aromatic heterocycles. The summed E-state index contributed by atoms with van der Waals surface area (Å²) in [5.41, 5.74) is 7.41. The van der Waals surface area contributed by atoms with Crippen LogP contribution in [0.5, 0.6) is 0 Å². The number of halogens is 1. The van der Waals surface area contributed by atoms with Crippen LogP contribution in [0.25, 0.3) is 0 Å². The molecule has 0 aliphatic heterocycles. The minimum Gasteiger partial charge on any atom is -0.330 e. The summed E-state index contributed by atoms with van der Waals surface area (Å²) in [6, 6.07) is 0.413. The monoisotopic (exact) mass is 657 g/mol. The fraction of sp³-hybridized carbons (Fsp3) is 0.786. The van der Waals surface area contributed by atoms with Gasteiger partial charge in [0.15, 0.2) is 0 Å². The summed E-state index contributed by atoms with van der Waals surface area (Å²) in [4.78, 5) is 9.44. The molecular weight excluding hydrogens is 584 g/mol. The third-order valence-corrected chi connectivity index (χ3v) is 13.1. The molecule has 3 nitrogen and oxygen atoms in total. The van der Waals surface area contributed by atoms with Crippen molar-refractivity contribution < 1.29 is 4.79 Å². The Morgan fingerprint density at radius 3 is 2.22 bits per heavy atom. The van der Waals surface area contributed by atoms with Gasteiger partial charge < -0.3 is 15.8 Å². The summed E-state index contributed by atoms with van der Waals surface area (Å²) < 4.78 is 0. The molecule has 4 rings (SSSR count). The molecule has 0 heterocycles. The largest absolute Gasteiger partial charge is 0.330 e. The number of Topliss-reactive ketones (excluding diaryl/α,β-unsaturated/α-hetero) is 1. The Morgan fingerprint density at radius 2 is 1.72 bits per heavy atom. The first-order valence-corrected chi connectivity index (χ1v) is 19.2. The molecular formula is C42H73ClN2O. The van der Waals surface area contributed by atoms with Crippen LogP contribution in [0.15, 0.2) is 49.6 Å². The minimum absolute atomic E-state index is 0.0907. The van der Waals surface area contributed by atoms with Crippen molar-refractivity contribution in [2.75, 3.05) is 13.1 Å². The SMILES string of the molecule is C=CC(=C)[C@]12C=CC[C@](CC(C)C)(CCC1(C)C1CCC(C(Cl)C(C)C[C@@H]3CC3C)CC1)C2.C=CC(C)NCCCN.CC(C)=O. The summed E-state index contributed by atoms with van der Waals surface area (Å²) in [6.07, 6.45) is 24.8. The molecule has 0 amide bonds. The Morgan fingerprint density at radius 1 is 1.11 bits per heavy atom. The quantitative estimate of drug-likeness (QED) is 0.0846. The number of carbonyl (C=O) groups excluding carboxylic acids is 1. The molecule has 0 aromatic carbocycles. The number of rotatable bonds is 14. The number of carbonyl (C=O) groups is 1. The maximum absolute atomic E-state index is 9.44. The molecule has 3 saturated carbocycles. The number of hydrogen-bond donors (Lipinski definition) is 2. The van der Waals surface area contributed by atoms with Gasteiger partial charge in [0.2, 0.25) is 0 Å². The molecule has 264 valence electrons. The van der Waals surface area contributed by atoms with E-state index in [4.69, 9.17) is 17.3 Å². The normalized spacial score (nSPS) is 34.9. The van der Waals surface area contributed by atoms with Crippen LogP contribution in [0.2, 0.25) is 0 Å². The number of allylic oxidation sites excluding steroid dienone is 4. The van der Waals surface area contributed by atoms with E-state index >= 15 is 0 Å². The predicted octanol–water partition coefficient (Wildman–Crippen LogP) is 11.1. The zero-order valence-electron chi connectivity index (χ0n) is 31.3. The van der Waals surface area contributed by atoms with Gasteiger partial charge in [0.25, 0.3) is 0 Å². The molecule has 0 spiro atoms. The van der Waals surface area contributed by atoms with Crippen LogP contribution in [-0.2, 0) is 4.79 Å². The van der Waals surface area contributed by atoms with Crippen LogP contribution in [0.4, 0.5) is 0 Å². The number of ketones is 1. The van der Waals surface area contributed by atoms with Crippen LogP contribution in [0, 0.1) is 51.8 Å². The van der Waals surface area contributed by atoms with Crippen LogP contribution >= 0.6 is 11.6 Å². The molecule has 5 unspecified atom stereocenters. The fourth-order valence-electron chi connectivity index (χ4n) is 9.41. The van der Waals surface area contributed by atoms with E-state index in [9.17, 15) is 4.79 Å². The average molecular weight is 658 g/mol. The highest BCUT2D eigenvalue weighted by Gasteiger charge is 2.59. The molecule has 2 bridgehead atoms. The Balaban J connectivity index is 0.000000479. The van der Waals surface area contributed by atoms with Gasteiger partial charge in [0.1, 0.15) is 5.78 Å². The van der Waals surface area contributed by atoms with Crippen LogP contribution in [0.3, 0.4) is 0 Å². The molecule has 46 heavy (non-hydrogen) atoms. The zero-order valence-corrected chi connectivity index (χ0v) is 32.1. The van der Waals surface area contributed by atoms with E-state index in [0.29, 0.717) is 28.7 Å². The summed E-state index contributed by atoms with van der Waals surface area (Å²) in [7, 11) is 0. The highest BCUT2D eigenvalue weighted by Crippen LogP contribution is 2.69. The zero-order chi connectivity index (χ0) is 34.7. The maximum atomic E-state index is 9.44. The topological polar surface area (TPSA) is 55.1 Å². The van der Waals surface area contributed by atoms with Crippen LogP contribution in [0.1, 0.15) is 132 Å². The molecule has 0 radical (unpaired) electrons. The van der Waals surface area contributed by atoms with Gasteiger partial charge >= 0.3 is 0 Å². The van der Waals surface area contributed by atoms with Gasteiger partial charge in [-0.2, -0.15) is 0 Å². The Kier molecular flexibility index (Phi) is 16.5. The van der Waals surface area contributed by atoms with Crippen LogP contribution in [-0.4, -0.2) is 30.3 Å². The Hall–Kier alpha value is -1.16. The number of nitrogens with one attached hydrogen (secondary N) is 1. The lowest BCUT2D eigenvalue weighted by atomic mass is 9.41. The molecule has 8 atom stereocenters. The van der Waals surface area contributed by atoms with Crippen molar-refractivity contribution >= 4 is 17.4 Å². The minimum atomic E-state index is 0.0907. The molecule has 0 aromatic rings. The number of alkyl halides is 1.